The van der Waals surface area contributed by atoms with Gasteiger partial charge < -0.3 is 19.6 Å². The first kappa shape index (κ1) is 19.0. The molecule has 3 aromatic rings. The summed E-state index contributed by atoms with van der Waals surface area (Å²) in [5, 5.41) is 0. The van der Waals surface area contributed by atoms with Crippen LogP contribution in [0.25, 0.3) is 0 Å². The number of carbonyl (C=O) groups excluding carboxylic acids is 1. The van der Waals surface area contributed by atoms with Crippen LogP contribution in [0.2, 0.25) is 0 Å². The number of ether oxygens (including phenoxy) is 1. The van der Waals surface area contributed by atoms with Gasteiger partial charge in [-0.15, -0.1) is 0 Å². The summed E-state index contributed by atoms with van der Waals surface area (Å²) in [5.41, 5.74) is 3.92. The fraction of sp³-hybridized carbons (Fsp3) is 0.318. The zero-order valence-corrected chi connectivity index (χ0v) is 16.7. The van der Waals surface area contributed by atoms with Gasteiger partial charge in [-0.3, -0.25) is 9.59 Å². The van der Waals surface area contributed by atoms with Gasteiger partial charge in [-0.1, -0.05) is 26.0 Å². The summed E-state index contributed by atoms with van der Waals surface area (Å²) < 4.78 is 5.37. The molecular weight excluding hydrogens is 368 g/mol. The molecule has 0 fully saturated rings. The molecule has 1 aliphatic rings. The number of methoxy groups -OCH3 is 1. The molecule has 2 aromatic heterocycles. The van der Waals surface area contributed by atoms with Crippen molar-refractivity contribution in [3.8, 4) is 5.75 Å². The van der Waals surface area contributed by atoms with Gasteiger partial charge in [-0.05, 0) is 29.7 Å². The van der Waals surface area contributed by atoms with E-state index in [-0.39, 0.29) is 23.3 Å². The van der Waals surface area contributed by atoms with Crippen molar-refractivity contribution < 1.29 is 9.53 Å². The third-order valence-electron chi connectivity index (χ3n) is 5.37. The van der Waals surface area contributed by atoms with Crippen LogP contribution in [0.15, 0.2) is 47.5 Å². The van der Waals surface area contributed by atoms with Gasteiger partial charge in [0.2, 0.25) is 5.56 Å². The van der Waals surface area contributed by atoms with E-state index in [1.54, 1.807) is 19.5 Å². The number of carbonyl (C=O) groups is 1. The van der Waals surface area contributed by atoms with Crippen LogP contribution >= 0.6 is 0 Å². The van der Waals surface area contributed by atoms with Gasteiger partial charge in [0.05, 0.1) is 36.9 Å². The number of benzene rings is 1. The van der Waals surface area contributed by atoms with Gasteiger partial charge >= 0.3 is 0 Å². The quantitative estimate of drug-likeness (QED) is 0.714. The Balaban J connectivity index is 1.72. The summed E-state index contributed by atoms with van der Waals surface area (Å²) in [5.74, 6) is 0.641. The van der Waals surface area contributed by atoms with E-state index in [0.29, 0.717) is 24.3 Å². The molecule has 1 aliphatic heterocycles. The van der Waals surface area contributed by atoms with Crippen molar-refractivity contribution >= 4 is 5.91 Å². The van der Waals surface area contributed by atoms with Crippen molar-refractivity contribution in [1.29, 1.82) is 0 Å². The van der Waals surface area contributed by atoms with E-state index in [9.17, 15) is 9.59 Å². The third-order valence-corrected chi connectivity index (χ3v) is 5.37. The highest BCUT2D eigenvalue weighted by Crippen LogP contribution is 2.34. The maximum Gasteiger partial charge on any atom is 0.256 e. The van der Waals surface area contributed by atoms with Crippen LogP contribution in [0.4, 0.5) is 0 Å². The molecule has 0 saturated carbocycles. The van der Waals surface area contributed by atoms with Crippen molar-refractivity contribution in [2.75, 3.05) is 13.7 Å². The van der Waals surface area contributed by atoms with E-state index in [0.717, 1.165) is 22.7 Å². The molecule has 150 valence electrons. The Labute approximate surface area is 168 Å². The van der Waals surface area contributed by atoms with E-state index in [2.05, 4.69) is 15.0 Å². The van der Waals surface area contributed by atoms with Gasteiger partial charge in [0.1, 0.15) is 5.75 Å². The first-order valence-electron chi connectivity index (χ1n) is 9.66. The average molecular weight is 392 g/mol. The Bertz CT molecular complexity index is 1100. The van der Waals surface area contributed by atoms with E-state index < -0.39 is 0 Å². The number of aromatic amines is 2. The highest BCUT2D eigenvalue weighted by molar-refractivity contribution is 5.95. The SMILES string of the molecule is COc1cccc(C2CN(C(=O)c3ccc(=O)[nH]c3C(C)C)Cc3[nH]cnc32)c1. The number of hydrogen-bond acceptors (Lipinski definition) is 4. The number of aromatic nitrogens is 3. The number of H-pyrrole nitrogens is 2. The number of amides is 1. The Hall–Kier alpha value is -3.35. The molecular formula is C22H24N4O3. The van der Waals surface area contributed by atoms with Crippen LogP contribution in [0, 0.1) is 0 Å². The number of pyridine rings is 1. The second-order valence-electron chi connectivity index (χ2n) is 7.59. The Kier molecular flexibility index (Phi) is 4.96. The maximum atomic E-state index is 13.4. The monoisotopic (exact) mass is 392 g/mol. The van der Waals surface area contributed by atoms with Crippen LogP contribution in [-0.4, -0.2) is 39.4 Å². The van der Waals surface area contributed by atoms with E-state index in [4.69, 9.17) is 4.74 Å². The highest BCUT2D eigenvalue weighted by atomic mass is 16.5. The molecule has 1 aromatic carbocycles. The first-order valence-corrected chi connectivity index (χ1v) is 9.66. The number of nitrogens with one attached hydrogen (secondary N) is 2. The lowest BCUT2D eigenvalue weighted by atomic mass is 9.90. The lowest BCUT2D eigenvalue weighted by Crippen LogP contribution is -2.39. The van der Waals surface area contributed by atoms with E-state index in [1.165, 1.54) is 6.07 Å². The smallest absolute Gasteiger partial charge is 0.256 e. The first-order chi connectivity index (χ1) is 14.0. The summed E-state index contributed by atoms with van der Waals surface area (Å²) in [6.07, 6.45) is 1.67. The van der Waals surface area contributed by atoms with Gasteiger partial charge in [0.25, 0.3) is 5.91 Å². The van der Waals surface area contributed by atoms with Crippen molar-refractivity contribution in [2.24, 2.45) is 0 Å². The largest absolute Gasteiger partial charge is 0.497 e. The number of rotatable bonds is 4. The normalized spacial score (nSPS) is 16.0. The predicted molar refractivity (Wildman–Crippen MR) is 109 cm³/mol. The summed E-state index contributed by atoms with van der Waals surface area (Å²) in [7, 11) is 1.64. The van der Waals surface area contributed by atoms with Crippen molar-refractivity contribution in [2.45, 2.75) is 32.2 Å². The van der Waals surface area contributed by atoms with Crippen molar-refractivity contribution in [3.63, 3.8) is 0 Å². The van der Waals surface area contributed by atoms with Gasteiger partial charge in [0.15, 0.2) is 0 Å². The molecule has 3 heterocycles. The zero-order valence-electron chi connectivity index (χ0n) is 16.7. The molecule has 7 heteroatoms. The Morgan fingerprint density at radius 2 is 2.10 bits per heavy atom. The third kappa shape index (κ3) is 3.55. The molecule has 2 N–H and O–H groups in total. The minimum atomic E-state index is -0.200. The molecule has 0 saturated heterocycles. The summed E-state index contributed by atoms with van der Waals surface area (Å²) in [6, 6.07) is 10.9. The molecule has 1 amide bonds. The zero-order chi connectivity index (χ0) is 20.5. The van der Waals surface area contributed by atoms with Crippen molar-refractivity contribution in [1.82, 2.24) is 19.9 Å². The molecule has 0 radical (unpaired) electrons. The number of hydrogen-bond donors (Lipinski definition) is 2. The molecule has 1 unspecified atom stereocenters. The van der Waals surface area contributed by atoms with Crippen LogP contribution in [-0.2, 0) is 6.54 Å². The predicted octanol–water partition coefficient (Wildman–Crippen LogP) is 3.02. The molecule has 1 atom stereocenters. The second-order valence-corrected chi connectivity index (χ2v) is 7.59. The average Bonchev–Trinajstić information content (AvgIpc) is 3.21. The highest BCUT2D eigenvalue weighted by Gasteiger charge is 2.33. The molecule has 4 rings (SSSR count). The number of nitrogens with zero attached hydrogens (tertiary/aromatic N) is 2. The number of fused-ring (bicyclic) bond motifs is 1. The topological polar surface area (TPSA) is 91.1 Å². The van der Waals surface area contributed by atoms with E-state index >= 15 is 0 Å². The van der Waals surface area contributed by atoms with E-state index in [1.807, 2.05) is 43.0 Å². The number of imidazole rings is 1. The maximum absolute atomic E-state index is 13.4. The minimum Gasteiger partial charge on any atom is -0.497 e. The molecule has 29 heavy (non-hydrogen) atoms. The van der Waals surface area contributed by atoms with Crippen LogP contribution in [0.1, 0.15) is 58.7 Å². The van der Waals surface area contributed by atoms with Crippen LogP contribution in [0.5, 0.6) is 5.75 Å². The molecule has 0 bridgehead atoms. The lowest BCUT2D eigenvalue weighted by molar-refractivity contribution is 0.0719. The van der Waals surface area contributed by atoms with Gasteiger partial charge in [-0.2, -0.15) is 0 Å². The van der Waals surface area contributed by atoms with Crippen LogP contribution in [0.3, 0.4) is 0 Å². The van der Waals surface area contributed by atoms with Gasteiger partial charge in [-0.25, -0.2) is 4.98 Å². The summed E-state index contributed by atoms with van der Waals surface area (Å²) >= 11 is 0. The van der Waals surface area contributed by atoms with Crippen molar-refractivity contribution in [3.05, 3.63) is 81.3 Å². The summed E-state index contributed by atoms with van der Waals surface area (Å²) in [4.78, 5) is 37.5. The fourth-order valence-electron chi connectivity index (χ4n) is 3.90. The Morgan fingerprint density at radius 3 is 2.86 bits per heavy atom. The standard InChI is InChI=1S/C22H24N4O3/c1-13(2)20-16(7-8-19(27)25-20)22(28)26-10-17(21-18(11-26)23-12-24-21)14-5-4-6-15(9-14)29-3/h4-9,12-13,17H,10-11H2,1-3H3,(H,23,24)(H,25,27). The second kappa shape index (κ2) is 7.58. The van der Waals surface area contributed by atoms with Gasteiger partial charge in [0, 0.05) is 24.2 Å². The Morgan fingerprint density at radius 1 is 1.28 bits per heavy atom. The molecule has 0 spiro atoms. The summed E-state index contributed by atoms with van der Waals surface area (Å²) in [6.45, 7) is 4.88. The lowest BCUT2D eigenvalue weighted by Gasteiger charge is -2.33. The van der Waals surface area contributed by atoms with Crippen LogP contribution < -0.4 is 10.3 Å². The molecule has 7 nitrogen and oxygen atoms in total. The fourth-order valence-corrected chi connectivity index (χ4v) is 3.90. The minimum absolute atomic E-state index is 0.0320. The molecule has 0 aliphatic carbocycles.